The SMILES string of the molecule is Cc1cc(C)c(CC(O)c2ccc3c(c2)OCO3)c(C)c1. The second-order valence-corrected chi connectivity index (χ2v) is 5.71. The summed E-state index contributed by atoms with van der Waals surface area (Å²) in [7, 11) is 0. The van der Waals surface area contributed by atoms with Crippen LogP contribution in [0.1, 0.15) is 33.9 Å². The zero-order valence-corrected chi connectivity index (χ0v) is 12.6. The first-order valence-electron chi connectivity index (χ1n) is 7.19. The molecular formula is C18H20O3. The topological polar surface area (TPSA) is 38.7 Å². The van der Waals surface area contributed by atoms with E-state index in [1.807, 2.05) is 18.2 Å². The van der Waals surface area contributed by atoms with Crippen molar-refractivity contribution in [2.45, 2.75) is 33.3 Å². The molecule has 3 nitrogen and oxygen atoms in total. The smallest absolute Gasteiger partial charge is 0.231 e. The van der Waals surface area contributed by atoms with Crippen molar-refractivity contribution in [1.82, 2.24) is 0 Å². The Morgan fingerprint density at radius 1 is 1.00 bits per heavy atom. The predicted octanol–water partition coefficient (Wildman–Crippen LogP) is 3.62. The molecule has 0 bridgehead atoms. The molecule has 21 heavy (non-hydrogen) atoms. The van der Waals surface area contributed by atoms with Crippen LogP contribution in [0.5, 0.6) is 11.5 Å². The average molecular weight is 284 g/mol. The Morgan fingerprint density at radius 2 is 1.67 bits per heavy atom. The maximum atomic E-state index is 10.5. The van der Waals surface area contributed by atoms with Gasteiger partial charge < -0.3 is 14.6 Å². The summed E-state index contributed by atoms with van der Waals surface area (Å²) in [6, 6.07) is 9.95. The van der Waals surface area contributed by atoms with Gasteiger partial charge in [0, 0.05) is 6.42 Å². The number of ether oxygens (including phenoxy) is 2. The minimum atomic E-state index is -0.542. The Bertz CT molecular complexity index is 653. The van der Waals surface area contributed by atoms with Gasteiger partial charge in [0.05, 0.1) is 6.10 Å². The fourth-order valence-corrected chi connectivity index (χ4v) is 2.96. The van der Waals surface area contributed by atoms with Gasteiger partial charge in [-0.05, 0) is 55.2 Å². The van der Waals surface area contributed by atoms with Gasteiger partial charge in [-0.3, -0.25) is 0 Å². The molecule has 1 unspecified atom stereocenters. The van der Waals surface area contributed by atoms with Gasteiger partial charge in [-0.15, -0.1) is 0 Å². The summed E-state index contributed by atoms with van der Waals surface area (Å²) in [5, 5.41) is 10.5. The van der Waals surface area contributed by atoms with Crippen molar-refractivity contribution < 1.29 is 14.6 Å². The van der Waals surface area contributed by atoms with E-state index in [-0.39, 0.29) is 6.79 Å². The molecule has 2 aromatic carbocycles. The Kier molecular flexibility index (Phi) is 3.60. The Morgan fingerprint density at radius 3 is 2.38 bits per heavy atom. The van der Waals surface area contributed by atoms with Crippen molar-refractivity contribution in [2.24, 2.45) is 0 Å². The number of aliphatic hydroxyl groups excluding tert-OH is 1. The lowest BCUT2D eigenvalue weighted by molar-refractivity contribution is 0.171. The first-order valence-corrected chi connectivity index (χ1v) is 7.19. The van der Waals surface area contributed by atoms with E-state index in [0.29, 0.717) is 12.2 Å². The number of hydrogen-bond donors (Lipinski definition) is 1. The number of rotatable bonds is 3. The molecule has 0 amide bonds. The lowest BCUT2D eigenvalue weighted by Gasteiger charge is -2.16. The molecule has 3 rings (SSSR count). The molecule has 0 radical (unpaired) electrons. The van der Waals surface area contributed by atoms with Gasteiger partial charge in [-0.1, -0.05) is 23.8 Å². The molecular weight excluding hydrogens is 264 g/mol. The van der Waals surface area contributed by atoms with E-state index in [1.165, 1.54) is 22.3 Å². The molecule has 1 aliphatic heterocycles. The third kappa shape index (κ3) is 2.74. The Balaban J connectivity index is 1.85. The van der Waals surface area contributed by atoms with E-state index in [1.54, 1.807) is 0 Å². The molecule has 1 heterocycles. The molecule has 2 aromatic rings. The largest absolute Gasteiger partial charge is 0.454 e. The summed E-state index contributed by atoms with van der Waals surface area (Å²) < 4.78 is 10.7. The van der Waals surface area contributed by atoms with Crippen LogP contribution in [-0.2, 0) is 6.42 Å². The van der Waals surface area contributed by atoms with Crippen LogP contribution < -0.4 is 9.47 Å². The van der Waals surface area contributed by atoms with Gasteiger partial charge in [0.25, 0.3) is 0 Å². The number of benzene rings is 2. The van der Waals surface area contributed by atoms with Gasteiger partial charge in [0.2, 0.25) is 6.79 Å². The third-order valence-corrected chi connectivity index (χ3v) is 4.02. The van der Waals surface area contributed by atoms with Crippen LogP contribution in [0.2, 0.25) is 0 Å². The van der Waals surface area contributed by atoms with Crippen LogP contribution >= 0.6 is 0 Å². The van der Waals surface area contributed by atoms with Crippen molar-refractivity contribution in [3.05, 3.63) is 58.1 Å². The quantitative estimate of drug-likeness (QED) is 0.935. The van der Waals surface area contributed by atoms with Crippen molar-refractivity contribution in [3.8, 4) is 11.5 Å². The van der Waals surface area contributed by atoms with Gasteiger partial charge in [0.1, 0.15) is 0 Å². The normalized spacial score (nSPS) is 14.3. The molecule has 0 aliphatic carbocycles. The van der Waals surface area contributed by atoms with Crippen LogP contribution in [-0.4, -0.2) is 11.9 Å². The van der Waals surface area contributed by atoms with E-state index in [4.69, 9.17) is 9.47 Å². The molecule has 0 saturated heterocycles. The number of fused-ring (bicyclic) bond motifs is 1. The summed E-state index contributed by atoms with van der Waals surface area (Å²) in [4.78, 5) is 0. The van der Waals surface area contributed by atoms with E-state index in [2.05, 4.69) is 32.9 Å². The first-order chi connectivity index (χ1) is 10.0. The maximum Gasteiger partial charge on any atom is 0.231 e. The first kappa shape index (κ1) is 14.0. The molecule has 0 spiro atoms. The fourth-order valence-electron chi connectivity index (χ4n) is 2.96. The summed E-state index contributed by atoms with van der Waals surface area (Å²) >= 11 is 0. The number of aryl methyl sites for hydroxylation is 3. The van der Waals surface area contributed by atoms with E-state index in [9.17, 15) is 5.11 Å². The average Bonchev–Trinajstić information content (AvgIpc) is 2.89. The van der Waals surface area contributed by atoms with Crippen molar-refractivity contribution in [3.63, 3.8) is 0 Å². The van der Waals surface area contributed by atoms with E-state index < -0.39 is 6.10 Å². The lowest BCUT2D eigenvalue weighted by Crippen LogP contribution is -2.05. The molecule has 0 saturated carbocycles. The van der Waals surface area contributed by atoms with Crippen molar-refractivity contribution in [2.75, 3.05) is 6.79 Å². The standard InChI is InChI=1S/C18H20O3/c1-11-6-12(2)15(13(3)7-11)9-16(19)14-4-5-17-18(8-14)21-10-20-17/h4-8,16,19H,9-10H2,1-3H3. The fraction of sp³-hybridized carbons (Fsp3) is 0.333. The molecule has 3 heteroatoms. The highest BCUT2D eigenvalue weighted by Crippen LogP contribution is 2.35. The van der Waals surface area contributed by atoms with Crippen molar-refractivity contribution in [1.29, 1.82) is 0 Å². The van der Waals surface area contributed by atoms with Crippen molar-refractivity contribution >= 4 is 0 Å². The van der Waals surface area contributed by atoms with Gasteiger partial charge in [-0.25, -0.2) is 0 Å². The summed E-state index contributed by atoms with van der Waals surface area (Å²) in [6.45, 7) is 6.55. The Hall–Kier alpha value is -2.00. The van der Waals surface area contributed by atoms with Gasteiger partial charge in [-0.2, -0.15) is 0 Å². The monoisotopic (exact) mass is 284 g/mol. The van der Waals surface area contributed by atoms with E-state index in [0.717, 1.165) is 11.3 Å². The minimum Gasteiger partial charge on any atom is -0.454 e. The highest BCUT2D eigenvalue weighted by atomic mass is 16.7. The second-order valence-electron chi connectivity index (χ2n) is 5.71. The van der Waals surface area contributed by atoms with E-state index >= 15 is 0 Å². The number of aliphatic hydroxyl groups is 1. The maximum absolute atomic E-state index is 10.5. The zero-order chi connectivity index (χ0) is 15.0. The molecule has 1 N–H and O–H groups in total. The second kappa shape index (κ2) is 5.41. The summed E-state index contributed by atoms with van der Waals surface area (Å²) in [5.41, 5.74) is 5.79. The van der Waals surface area contributed by atoms with Crippen LogP contribution in [0, 0.1) is 20.8 Å². The van der Waals surface area contributed by atoms with Gasteiger partial charge in [0.15, 0.2) is 11.5 Å². The Labute approximate surface area is 125 Å². The third-order valence-electron chi connectivity index (χ3n) is 4.02. The van der Waals surface area contributed by atoms with Crippen LogP contribution in [0.4, 0.5) is 0 Å². The molecule has 1 atom stereocenters. The van der Waals surface area contributed by atoms with Crippen LogP contribution in [0.25, 0.3) is 0 Å². The predicted molar refractivity (Wildman–Crippen MR) is 81.9 cm³/mol. The van der Waals surface area contributed by atoms with Crippen LogP contribution in [0.15, 0.2) is 30.3 Å². The highest BCUT2D eigenvalue weighted by molar-refractivity contribution is 5.46. The molecule has 0 aromatic heterocycles. The zero-order valence-electron chi connectivity index (χ0n) is 12.6. The van der Waals surface area contributed by atoms with Gasteiger partial charge >= 0.3 is 0 Å². The summed E-state index contributed by atoms with van der Waals surface area (Å²) in [5.74, 6) is 1.46. The number of hydrogen-bond acceptors (Lipinski definition) is 3. The highest BCUT2D eigenvalue weighted by Gasteiger charge is 2.18. The molecule has 1 aliphatic rings. The molecule has 0 fully saturated rings. The van der Waals surface area contributed by atoms with Crippen LogP contribution in [0.3, 0.4) is 0 Å². The summed E-state index contributed by atoms with van der Waals surface area (Å²) in [6.07, 6.45) is 0.0667. The lowest BCUT2D eigenvalue weighted by atomic mass is 9.93. The molecule has 110 valence electrons. The minimum absolute atomic E-state index is 0.255.